The first-order valence-corrected chi connectivity index (χ1v) is 6.63. The fraction of sp³-hybridized carbons (Fsp3) is 0.846. The van der Waals surface area contributed by atoms with Gasteiger partial charge in [-0.15, -0.1) is 0 Å². The minimum atomic E-state index is -0.460. The number of hydrogen-bond donors (Lipinski definition) is 3. The van der Waals surface area contributed by atoms with E-state index >= 15 is 0 Å². The van der Waals surface area contributed by atoms with Crippen molar-refractivity contribution >= 4 is 11.9 Å². The summed E-state index contributed by atoms with van der Waals surface area (Å²) >= 11 is 0. The minimum Gasteiger partial charge on any atom is -0.341 e. The molecule has 0 radical (unpaired) electrons. The maximum atomic E-state index is 11.7. The molecule has 0 aromatic rings. The van der Waals surface area contributed by atoms with Crippen molar-refractivity contribution in [3.05, 3.63) is 0 Å². The van der Waals surface area contributed by atoms with Gasteiger partial charge in [0.2, 0.25) is 5.91 Å². The van der Waals surface area contributed by atoms with E-state index in [0.29, 0.717) is 11.5 Å². The molecular weight excluding hydrogens is 230 g/mol. The first-order valence-electron chi connectivity index (χ1n) is 6.63. The molecular formula is C13H25N3O2. The molecule has 5 nitrogen and oxygen atoms in total. The molecule has 0 saturated heterocycles. The highest BCUT2D eigenvalue weighted by Crippen LogP contribution is 2.35. The molecule has 0 heterocycles. The van der Waals surface area contributed by atoms with Crippen molar-refractivity contribution in [1.82, 2.24) is 16.0 Å². The molecule has 5 heteroatoms. The number of rotatable bonds is 3. The Morgan fingerprint density at radius 1 is 1.22 bits per heavy atom. The predicted octanol–water partition coefficient (Wildman–Crippen LogP) is 1.39. The Bertz CT molecular complexity index is 305. The maximum Gasteiger partial charge on any atom is 0.321 e. The molecule has 104 valence electrons. The summed E-state index contributed by atoms with van der Waals surface area (Å²) in [5, 5.41) is 7.94. The zero-order chi connectivity index (χ0) is 13.8. The van der Waals surface area contributed by atoms with Crippen LogP contribution in [0.15, 0.2) is 0 Å². The monoisotopic (exact) mass is 255 g/mol. The van der Waals surface area contributed by atoms with E-state index in [9.17, 15) is 9.59 Å². The molecule has 0 aromatic carbocycles. The molecule has 1 aliphatic carbocycles. The second-order valence-corrected chi connectivity index (χ2v) is 5.90. The van der Waals surface area contributed by atoms with Crippen LogP contribution in [0, 0.1) is 5.41 Å². The van der Waals surface area contributed by atoms with Gasteiger partial charge in [0.25, 0.3) is 0 Å². The predicted molar refractivity (Wildman–Crippen MR) is 71.2 cm³/mol. The summed E-state index contributed by atoms with van der Waals surface area (Å²) < 4.78 is 0. The molecule has 1 aliphatic rings. The van der Waals surface area contributed by atoms with Gasteiger partial charge in [-0.25, -0.2) is 4.79 Å². The Hall–Kier alpha value is -1.10. The number of urea groups is 1. The highest BCUT2D eigenvalue weighted by atomic mass is 16.2. The molecule has 0 aliphatic heterocycles. The van der Waals surface area contributed by atoms with Gasteiger partial charge in [0.15, 0.2) is 0 Å². The van der Waals surface area contributed by atoms with Crippen LogP contribution in [-0.4, -0.2) is 31.1 Å². The van der Waals surface area contributed by atoms with Crippen LogP contribution in [0.1, 0.15) is 46.5 Å². The molecule has 3 amide bonds. The zero-order valence-corrected chi connectivity index (χ0v) is 11.8. The lowest BCUT2D eigenvalue weighted by molar-refractivity contribution is -0.121. The van der Waals surface area contributed by atoms with E-state index in [0.717, 1.165) is 12.8 Å². The number of hydrogen-bond acceptors (Lipinski definition) is 3. The first-order chi connectivity index (χ1) is 8.34. The summed E-state index contributed by atoms with van der Waals surface area (Å²) in [4.78, 5) is 22.7. The molecule has 1 atom stereocenters. The maximum absolute atomic E-state index is 11.7. The minimum absolute atomic E-state index is 0.279. The number of carbonyl (C=O) groups excluding carboxylic acids is 2. The normalized spacial score (nSPS) is 21.1. The van der Waals surface area contributed by atoms with Gasteiger partial charge in [-0.2, -0.15) is 0 Å². The Balaban J connectivity index is 2.34. The number of nitrogens with one attached hydrogen (secondary N) is 3. The van der Waals surface area contributed by atoms with Crippen LogP contribution in [0.2, 0.25) is 0 Å². The molecule has 1 rings (SSSR count). The summed E-state index contributed by atoms with van der Waals surface area (Å²) in [5.41, 5.74) is 0.422. The lowest BCUT2D eigenvalue weighted by Gasteiger charge is -2.35. The Labute approximate surface area is 109 Å². The van der Waals surface area contributed by atoms with Crippen LogP contribution in [0.5, 0.6) is 0 Å². The molecule has 1 saturated carbocycles. The van der Waals surface area contributed by atoms with Crippen LogP contribution in [0.3, 0.4) is 0 Å². The quantitative estimate of drug-likeness (QED) is 0.713. The molecule has 0 aromatic heterocycles. The van der Waals surface area contributed by atoms with E-state index in [1.165, 1.54) is 19.9 Å². The standard InChI is InChI=1S/C13H25N3O2/c1-9(11(17)16-12(18)14-4)15-10-5-7-13(2,3)8-6-10/h9-10,15H,5-8H2,1-4H3,(H2,14,16,17,18). The Morgan fingerprint density at radius 3 is 2.28 bits per heavy atom. The van der Waals surface area contributed by atoms with Gasteiger partial charge < -0.3 is 10.6 Å². The third kappa shape index (κ3) is 4.64. The first kappa shape index (κ1) is 15.0. The van der Waals surface area contributed by atoms with Crippen molar-refractivity contribution < 1.29 is 9.59 Å². The van der Waals surface area contributed by atoms with Crippen molar-refractivity contribution in [1.29, 1.82) is 0 Å². The van der Waals surface area contributed by atoms with E-state index in [-0.39, 0.29) is 11.9 Å². The molecule has 0 spiro atoms. The van der Waals surface area contributed by atoms with Gasteiger partial charge in [0.05, 0.1) is 6.04 Å². The third-order valence-corrected chi connectivity index (χ3v) is 3.68. The van der Waals surface area contributed by atoms with Gasteiger partial charge >= 0.3 is 6.03 Å². The van der Waals surface area contributed by atoms with Crippen molar-refractivity contribution in [2.75, 3.05) is 7.05 Å². The van der Waals surface area contributed by atoms with E-state index in [2.05, 4.69) is 29.8 Å². The fourth-order valence-electron chi connectivity index (χ4n) is 2.28. The van der Waals surface area contributed by atoms with Crippen LogP contribution in [0.25, 0.3) is 0 Å². The molecule has 1 fully saturated rings. The van der Waals surface area contributed by atoms with Crippen LogP contribution in [-0.2, 0) is 4.79 Å². The second-order valence-electron chi connectivity index (χ2n) is 5.90. The van der Waals surface area contributed by atoms with Crippen molar-refractivity contribution in [3.8, 4) is 0 Å². The van der Waals surface area contributed by atoms with Crippen molar-refractivity contribution in [2.24, 2.45) is 5.41 Å². The lowest BCUT2D eigenvalue weighted by atomic mass is 9.75. The van der Waals surface area contributed by atoms with Crippen LogP contribution in [0.4, 0.5) is 4.79 Å². The fourth-order valence-corrected chi connectivity index (χ4v) is 2.28. The second kappa shape index (κ2) is 6.18. The Kier molecular flexibility index (Phi) is 5.14. The third-order valence-electron chi connectivity index (χ3n) is 3.68. The largest absolute Gasteiger partial charge is 0.341 e. The van der Waals surface area contributed by atoms with Crippen LogP contribution >= 0.6 is 0 Å². The van der Waals surface area contributed by atoms with E-state index in [1.54, 1.807) is 6.92 Å². The van der Waals surface area contributed by atoms with E-state index in [4.69, 9.17) is 0 Å². The summed E-state index contributed by atoms with van der Waals surface area (Å²) in [6, 6.07) is -0.421. The highest BCUT2D eigenvalue weighted by molar-refractivity contribution is 5.96. The molecule has 3 N–H and O–H groups in total. The van der Waals surface area contributed by atoms with Gasteiger partial charge in [-0.05, 0) is 38.0 Å². The average Bonchev–Trinajstić information content (AvgIpc) is 2.31. The van der Waals surface area contributed by atoms with Crippen LogP contribution < -0.4 is 16.0 Å². The number of carbonyl (C=O) groups is 2. The number of amides is 3. The summed E-state index contributed by atoms with van der Waals surface area (Å²) in [7, 11) is 1.49. The Morgan fingerprint density at radius 2 is 1.78 bits per heavy atom. The van der Waals surface area contributed by atoms with Gasteiger partial charge in [0.1, 0.15) is 0 Å². The number of imide groups is 1. The van der Waals surface area contributed by atoms with Crippen molar-refractivity contribution in [2.45, 2.75) is 58.5 Å². The van der Waals surface area contributed by atoms with Gasteiger partial charge in [-0.1, -0.05) is 13.8 Å². The summed E-state index contributed by atoms with van der Waals surface area (Å²) in [6.45, 7) is 6.36. The average molecular weight is 255 g/mol. The summed E-state index contributed by atoms with van der Waals surface area (Å²) in [6.07, 6.45) is 4.53. The molecule has 1 unspecified atom stereocenters. The zero-order valence-electron chi connectivity index (χ0n) is 11.8. The van der Waals surface area contributed by atoms with Gasteiger partial charge in [-0.3, -0.25) is 10.1 Å². The van der Waals surface area contributed by atoms with Crippen molar-refractivity contribution in [3.63, 3.8) is 0 Å². The van der Waals surface area contributed by atoms with Gasteiger partial charge in [0, 0.05) is 13.1 Å². The van der Waals surface area contributed by atoms with E-state index < -0.39 is 6.03 Å². The van der Waals surface area contributed by atoms with E-state index in [1.807, 2.05) is 0 Å². The lowest BCUT2D eigenvalue weighted by Crippen LogP contribution is -2.50. The SMILES string of the molecule is CNC(=O)NC(=O)C(C)NC1CCC(C)(C)CC1. The highest BCUT2D eigenvalue weighted by Gasteiger charge is 2.28. The molecule has 18 heavy (non-hydrogen) atoms. The summed E-state index contributed by atoms with van der Waals surface area (Å²) in [5.74, 6) is -0.279. The smallest absolute Gasteiger partial charge is 0.321 e. The molecule has 0 bridgehead atoms. The topological polar surface area (TPSA) is 70.2 Å².